The van der Waals surface area contributed by atoms with Crippen molar-refractivity contribution in [2.75, 3.05) is 0 Å². The van der Waals surface area contributed by atoms with Crippen LogP contribution in [0.15, 0.2) is 36.4 Å². The van der Waals surface area contributed by atoms with Crippen molar-refractivity contribution in [3.8, 4) is 0 Å². The number of carbonyl (C=O) groups is 1. The van der Waals surface area contributed by atoms with Crippen LogP contribution in [0.5, 0.6) is 0 Å². The molecule has 1 aromatic rings. The fourth-order valence-electron chi connectivity index (χ4n) is 0.860. The highest BCUT2D eigenvalue weighted by Crippen LogP contribution is 2.10. The number of hydrogen-bond donors (Lipinski definition) is 0. The van der Waals surface area contributed by atoms with Crippen molar-refractivity contribution in [1.29, 1.82) is 0 Å². The standard InChI is InChI=1S/C10H10O/c1-9(7-8-11)10-5-3-2-4-6-10/h2-8H,1H3/b9-7+/i7D. The summed E-state index contributed by atoms with van der Waals surface area (Å²) in [6, 6.07) is 9.48. The predicted octanol–water partition coefficient (Wildman–Crippen LogP) is 2.29. The second-order valence-electron chi connectivity index (χ2n) is 2.25. The zero-order valence-electron chi connectivity index (χ0n) is 7.37. The van der Waals surface area contributed by atoms with Crippen LogP contribution in [0.3, 0.4) is 0 Å². The van der Waals surface area contributed by atoms with Gasteiger partial charge in [-0.1, -0.05) is 30.3 Å². The molecule has 0 unspecified atom stereocenters. The van der Waals surface area contributed by atoms with Gasteiger partial charge in [-0.3, -0.25) is 4.79 Å². The Morgan fingerprint density at radius 1 is 1.45 bits per heavy atom. The monoisotopic (exact) mass is 147 g/mol. The Kier molecular flexibility index (Phi) is 2.14. The number of rotatable bonds is 2. The van der Waals surface area contributed by atoms with Crippen LogP contribution in [0, 0.1) is 0 Å². The molecule has 56 valence electrons. The average molecular weight is 147 g/mol. The van der Waals surface area contributed by atoms with Gasteiger partial charge in [0.05, 0.1) is 1.37 Å². The maximum absolute atomic E-state index is 10.3. The van der Waals surface area contributed by atoms with E-state index in [2.05, 4.69) is 0 Å². The summed E-state index contributed by atoms with van der Waals surface area (Å²) in [4.78, 5) is 10.3. The van der Waals surface area contributed by atoms with E-state index in [0.717, 1.165) is 5.56 Å². The Morgan fingerprint density at radius 3 is 2.64 bits per heavy atom. The zero-order valence-corrected chi connectivity index (χ0v) is 6.37. The lowest BCUT2D eigenvalue weighted by Gasteiger charge is -1.96. The lowest BCUT2D eigenvalue weighted by atomic mass is 10.1. The van der Waals surface area contributed by atoms with Gasteiger partial charge in [0.2, 0.25) is 0 Å². The molecular formula is C10H10O. The van der Waals surface area contributed by atoms with Crippen molar-refractivity contribution in [2.24, 2.45) is 0 Å². The molecule has 0 fully saturated rings. The molecule has 1 heteroatoms. The Bertz CT molecular complexity index is 301. The molecule has 0 heterocycles. The molecule has 1 aromatic carbocycles. The maximum atomic E-state index is 10.3. The van der Waals surface area contributed by atoms with Crippen LogP contribution in [-0.4, -0.2) is 6.29 Å². The van der Waals surface area contributed by atoms with Gasteiger partial charge in [-0.15, -0.1) is 0 Å². The third-order valence-electron chi connectivity index (χ3n) is 1.48. The highest BCUT2D eigenvalue weighted by Gasteiger charge is 1.90. The molecule has 0 spiro atoms. The fraction of sp³-hybridized carbons (Fsp3) is 0.100. The van der Waals surface area contributed by atoms with Crippen LogP contribution in [0.2, 0.25) is 0 Å². The van der Waals surface area contributed by atoms with Gasteiger partial charge in [0.1, 0.15) is 6.29 Å². The van der Waals surface area contributed by atoms with Crippen LogP contribution in [-0.2, 0) is 4.79 Å². The minimum Gasteiger partial charge on any atom is -0.299 e. The van der Waals surface area contributed by atoms with Crippen LogP contribution in [0.4, 0.5) is 0 Å². The SMILES string of the molecule is [2H]/C(C=O)=C(/C)c1ccccc1. The van der Waals surface area contributed by atoms with E-state index in [1.807, 2.05) is 30.3 Å². The normalized spacial score (nSPS) is 13.4. The summed E-state index contributed by atoms with van der Waals surface area (Å²) >= 11 is 0. The first kappa shape index (κ1) is 6.35. The van der Waals surface area contributed by atoms with E-state index in [-0.39, 0.29) is 6.05 Å². The van der Waals surface area contributed by atoms with Gasteiger partial charge >= 0.3 is 0 Å². The summed E-state index contributed by atoms with van der Waals surface area (Å²) in [6.07, 6.45) is 0.558. The van der Waals surface area contributed by atoms with Gasteiger partial charge in [-0.25, -0.2) is 0 Å². The first-order valence-corrected chi connectivity index (χ1v) is 3.44. The number of benzene rings is 1. The van der Waals surface area contributed by atoms with E-state index in [4.69, 9.17) is 1.37 Å². The first-order valence-electron chi connectivity index (χ1n) is 3.94. The molecule has 11 heavy (non-hydrogen) atoms. The zero-order chi connectivity index (χ0) is 8.97. The number of carbonyl (C=O) groups excluding carboxylic acids is 1. The molecule has 0 saturated heterocycles. The van der Waals surface area contributed by atoms with Crippen LogP contribution in [0.1, 0.15) is 13.9 Å². The highest BCUT2D eigenvalue weighted by atomic mass is 16.1. The topological polar surface area (TPSA) is 17.1 Å². The van der Waals surface area contributed by atoms with E-state index in [0.29, 0.717) is 11.9 Å². The molecule has 1 rings (SSSR count). The Balaban J connectivity index is 3.08. The molecule has 0 saturated carbocycles. The number of hydrogen-bond acceptors (Lipinski definition) is 1. The van der Waals surface area contributed by atoms with Gasteiger partial charge in [0.25, 0.3) is 0 Å². The van der Waals surface area contributed by atoms with E-state index < -0.39 is 0 Å². The summed E-state index contributed by atoms with van der Waals surface area (Å²) < 4.78 is 7.28. The van der Waals surface area contributed by atoms with Crippen molar-refractivity contribution in [2.45, 2.75) is 6.92 Å². The summed E-state index contributed by atoms with van der Waals surface area (Å²) in [5, 5.41) is 0. The predicted molar refractivity (Wildman–Crippen MR) is 46.2 cm³/mol. The second-order valence-corrected chi connectivity index (χ2v) is 2.25. The summed E-state index contributed by atoms with van der Waals surface area (Å²) in [6.45, 7) is 1.77. The minimum atomic E-state index is 0.0428. The van der Waals surface area contributed by atoms with Crippen molar-refractivity contribution in [3.05, 3.63) is 41.9 Å². The molecule has 0 bridgehead atoms. The van der Waals surface area contributed by atoms with Crippen LogP contribution < -0.4 is 0 Å². The molecule has 0 N–H and O–H groups in total. The third kappa shape index (κ3) is 2.04. The Morgan fingerprint density at radius 2 is 2.09 bits per heavy atom. The summed E-state index contributed by atoms with van der Waals surface area (Å²) in [5.41, 5.74) is 1.64. The van der Waals surface area contributed by atoms with Crippen LogP contribution in [0.25, 0.3) is 5.57 Å². The lowest BCUT2D eigenvalue weighted by Crippen LogP contribution is -1.77. The molecule has 0 aliphatic rings. The lowest BCUT2D eigenvalue weighted by molar-refractivity contribution is -0.104. The van der Waals surface area contributed by atoms with E-state index >= 15 is 0 Å². The molecule has 0 atom stereocenters. The van der Waals surface area contributed by atoms with Crippen LogP contribution >= 0.6 is 0 Å². The largest absolute Gasteiger partial charge is 0.299 e. The van der Waals surface area contributed by atoms with E-state index in [1.54, 1.807) is 6.92 Å². The number of aldehydes is 1. The Labute approximate surface area is 67.8 Å². The van der Waals surface area contributed by atoms with Crippen molar-refractivity contribution in [1.82, 2.24) is 0 Å². The van der Waals surface area contributed by atoms with Gasteiger partial charge < -0.3 is 0 Å². The minimum absolute atomic E-state index is 0.0428. The maximum Gasteiger partial charge on any atom is 0.143 e. The van der Waals surface area contributed by atoms with Crippen molar-refractivity contribution >= 4 is 11.9 Å². The van der Waals surface area contributed by atoms with Gasteiger partial charge in [-0.05, 0) is 24.1 Å². The van der Waals surface area contributed by atoms with Gasteiger partial charge in [0, 0.05) is 0 Å². The molecule has 0 aromatic heterocycles. The Hall–Kier alpha value is -1.37. The second kappa shape index (κ2) is 3.71. The van der Waals surface area contributed by atoms with E-state index in [9.17, 15) is 4.79 Å². The molecule has 1 nitrogen and oxygen atoms in total. The third-order valence-corrected chi connectivity index (χ3v) is 1.48. The first-order chi connectivity index (χ1) is 5.75. The van der Waals surface area contributed by atoms with Gasteiger partial charge in [0.15, 0.2) is 0 Å². The highest BCUT2D eigenvalue weighted by molar-refractivity contribution is 5.80. The fourth-order valence-corrected chi connectivity index (χ4v) is 0.860. The molecule has 0 aliphatic heterocycles. The smallest absolute Gasteiger partial charge is 0.143 e. The summed E-state index contributed by atoms with van der Waals surface area (Å²) in [7, 11) is 0. The van der Waals surface area contributed by atoms with Crippen molar-refractivity contribution in [3.63, 3.8) is 0 Å². The summed E-state index contributed by atoms with van der Waals surface area (Å²) in [5.74, 6) is 0. The molecule has 0 aliphatic carbocycles. The molecule has 0 radical (unpaired) electrons. The number of allylic oxidation sites excluding steroid dienone is 2. The van der Waals surface area contributed by atoms with Crippen molar-refractivity contribution < 1.29 is 6.17 Å². The van der Waals surface area contributed by atoms with Gasteiger partial charge in [-0.2, -0.15) is 0 Å². The quantitative estimate of drug-likeness (QED) is 0.463. The average Bonchev–Trinajstić information content (AvgIpc) is 2.17. The molecule has 0 amide bonds. The van der Waals surface area contributed by atoms with E-state index in [1.165, 1.54) is 0 Å². The molecular weight excluding hydrogens is 136 g/mol.